The molecule has 1 aromatic carbocycles. The van der Waals surface area contributed by atoms with Crippen LogP contribution in [0.15, 0.2) is 36.5 Å². The number of hydrogen-bond acceptors (Lipinski definition) is 7. The molecule has 3 aromatic rings. The van der Waals surface area contributed by atoms with Crippen LogP contribution >= 0.6 is 0 Å². The third kappa shape index (κ3) is 3.74. The van der Waals surface area contributed by atoms with Crippen LogP contribution in [0.4, 0.5) is 22.0 Å². The van der Waals surface area contributed by atoms with Gasteiger partial charge in [-0.25, -0.2) is 9.37 Å². The second kappa shape index (κ2) is 7.81. The third-order valence-electron chi connectivity index (χ3n) is 4.57. The van der Waals surface area contributed by atoms with Crippen molar-refractivity contribution in [1.29, 1.82) is 0 Å². The zero-order valence-corrected chi connectivity index (χ0v) is 15.6. The van der Waals surface area contributed by atoms with Crippen molar-refractivity contribution in [1.82, 2.24) is 20.2 Å². The third-order valence-corrected chi connectivity index (χ3v) is 4.57. The van der Waals surface area contributed by atoms with Gasteiger partial charge in [0.15, 0.2) is 5.82 Å². The van der Waals surface area contributed by atoms with Crippen molar-refractivity contribution in [3.63, 3.8) is 0 Å². The molecule has 3 heterocycles. The van der Waals surface area contributed by atoms with E-state index in [1.807, 2.05) is 0 Å². The SMILES string of the molecule is COc1ccc(-c2cc(Nc3ccnc(N4CCOCC4C)n3)n[nH]2)c(F)c1. The fraction of sp³-hybridized carbons (Fsp3) is 0.316. The van der Waals surface area contributed by atoms with Crippen LogP contribution in [0.1, 0.15) is 6.92 Å². The number of H-pyrrole nitrogens is 1. The highest BCUT2D eigenvalue weighted by Crippen LogP contribution is 2.27. The van der Waals surface area contributed by atoms with Crippen molar-refractivity contribution in [3.8, 4) is 17.0 Å². The minimum absolute atomic E-state index is 0.207. The number of ether oxygens (including phenoxy) is 2. The molecular formula is C19H21FN6O2. The van der Waals surface area contributed by atoms with Gasteiger partial charge in [-0.05, 0) is 25.1 Å². The van der Waals surface area contributed by atoms with Gasteiger partial charge in [-0.15, -0.1) is 0 Å². The summed E-state index contributed by atoms with van der Waals surface area (Å²) in [5.41, 5.74) is 0.964. The number of halogens is 1. The molecule has 1 aliphatic heterocycles. The Morgan fingerprint density at radius 3 is 2.96 bits per heavy atom. The van der Waals surface area contributed by atoms with Crippen LogP contribution in [0.3, 0.4) is 0 Å². The molecule has 1 unspecified atom stereocenters. The van der Waals surface area contributed by atoms with Gasteiger partial charge in [-0.1, -0.05) is 0 Å². The molecule has 146 valence electrons. The summed E-state index contributed by atoms with van der Waals surface area (Å²) in [6, 6.07) is 8.38. The quantitative estimate of drug-likeness (QED) is 0.699. The molecule has 2 N–H and O–H groups in total. The van der Waals surface area contributed by atoms with E-state index >= 15 is 0 Å². The molecule has 8 nitrogen and oxygen atoms in total. The highest BCUT2D eigenvalue weighted by Gasteiger charge is 2.21. The van der Waals surface area contributed by atoms with Gasteiger partial charge in [-0.3, -0.25) is 5.10 Å². The van der Waals surface area contributed by atoms with E-state index in [2.05, 4.69) is 37.3 Å². The van der Waals surface area contributed by atoms with Gasteiger partial charge in [0.2, 0.25) is 5.95 Å². The van der Waals surface area contributed by atoms with Crippen LogP contribution in [0.5, 0.6) is 5.75 Å². The minimum Gasteiger partial charge on any atom is -0.497 e. The van der Waals surface area contributed by atoms with Crippen LogP contribution in [-0.2, 0) is 4.74 Å². The van der Waals surface area contributed by atoms with E-state index in [-0.39, 0.29) is 11.9 Å². The zero-order chi connectivity index (χ0) is 19.5. The molecule has 0 aliphatic carbocycles. The molecule has 9 heteroatoms. The molecule has 1 aliphatic rings. The smallest absolute Gasteiger partial charge is 0.227 e. The van der Waals surface area contributed by atoms with E-state index in [1.165, 1.54) is 13.2 Å². The number of rotatable bonds is 5. The summed E-state index contributed by atoms with van der Waals surface area (Å²) in [4.78, 5) is 11.0. The molecule has 0 saturated carbocycles. The van der Waals surface area contributed by atoms with E-state index in [1.54, 1.807) is 30.5 Å². The second-order valence-corrected chi connectivity index (χ2v) is 6.50. The Morgan fingerprint density at radius 1 is 1.29 bits per heavy atom. The van der Waals surface area contributed by atoms with Crippen molar-refractivity contribution in [2.45, 2.75) is 13.0 Å². The van der Waals surface area contributed by atoms with Crippen molar-refractivity contribution < 1.29 is 13.9 Å². The maximum atomic E-state index is 14.3. The molecule has 1 fully saturated rings. The number of anilines is 3. The summed E-state index contributed by atoms with van der Waals surface area (Å²) in [5, 5.41) is 10.2. The molecule has 0 spiro atoms. The Labute approximate surface area is 161 Å². The van der Waals surface area contributed by atoms with Gasteiger partial charge in [0.1, 0.15) is 17.4 Å². The van der Waals surface area contributed by atoms with Gasteiger partial charge in [-0.2, -0.15) is 10.1 Å². The Kier molecular flexibility index (Phi) is 5.07. The summed E-state index contributed by atoms with van der Waals surface area (Å²) in [5.74, 6) is 1.85. The Bertz CT molecular complexity index is 963. The van der Waals surface area contributed by atoms with Crippen LogP contribution in [0, 0.1) is 5.82 Å². The first kappa shape index (κ1) is 18.2. The molecule has 0 radical (unpaired) electrons. The van der Waals surface area contributed by atoms with Gasteiger partial charge in [0.05, 0.1) is 32.1 Å². The number of aromatic nitrogens is 4. The van der Waals surface area contributed by atoms with E-state index < -0.39 is 0 Å². The molecule has 0 amide bonds. The average molecular weight is 384 g/mol. The minimum atomic E-state index is -0.389. The van der Waals surface area contributed by atoms with Gasteiger partial charge in [0.25, 0.3) is 0 Å². The first-order valence-electron chi connectivity index (χ1n) is 8.98. The number of nitrogens with zero attached hydrogens (tertiary/aromatic N) is 4. The summed E-state index contributed by atoms with van der Waals surface area (Å²) >= 11 is 0. The first-order chi connectivity index (χ1) is 13.6. The summed E-state index contributed by atoms with van der Waals surface area (Å²) in [6.07, 6.45) is 1.70. The molecule has 2 aromatic heterocycles. The first-order valence-corrected chi connectivity index (χ1v) is 8.98. The number of nitrogens with one attached hydrogen (secondary N) is 2. The fourth-order valence-electron chi connectivity index (χ4n) is 3.08. The molecule has 1 saturated heterocycles. The highest BCUT2D eigenvalue weighted by molar-refractivity contribution is 5.66. The number of hydrogen-bond donors (Lipinski definition) is 2. The Morgan fingerprint density at radius 2 is 2.18 bits per heavy atom. The van der Waals surface area contributed by atoms with Crippen LogP contribution < -0.4 is 15.0 Å². The predicted molar refractivity (Wildman–Crippen MR) is 103 cm³/mol. The van der Waals surface area contributed by atoms with Gasteiger partial charge >= 0.3 is 0 Å². The average Bonchev–Trinajstić information content (AvgIpc) is 3.16. The summed E-state index contributed by atoms with van der Waals surface area (Å²) in [7, 11) is 1.50. The largest absolute Gasteiger partial charge is 0.497 e. The highest BCUT2D eigenvalue weighted by atomic mass is 19.1. The standard InChI is InChI=1S/C19H21FN6O2/c1-12-11-28-8-7-26(12)19-21-6-5-17(23-19)22-18-10-16(24-25-18)14-4-3-13(27-2)9-15(14)20/h3-6,9-10,12H,7-8,11H2,1-2H3,(H2,21,22,23,24,25). The fourth-order valence-corrected chi connectivity index (χ4v) is 3.08. The monoisotopic (exact) mass is 384 g/mol. The Balaban J connectivity index is 1.52. The van der Waals surface area contributed by atoms with Crippen LogP contribution in [-0.4, -0.2) is 53.1 Å². The number of aromatic amines is 1. The lowest BCUT2D eigenvalue weighted by Gasteiger charge is -2.33. The van der Waals surface area contributed by atoms with Gasteiger partial charge < -0.3 is 19.7 Å². The Hall–Kier alpha value is -3.20. The summed E-state index contributed by atoms with van der Waals surface area (Å²) < 4.78 is 24.8. The lowest BCUT2D eigenvalue weighted by molar-refractivity contribution is 0.0981. The van der Waals surface area contributed by atoms with E-state index in [0.29, 0.717) is 47.8 Å². The molecule has 1 atom stereocenters. The van der Waals surface area contributed by atoms with E-state index in [0.717, 1.165) is 6.54 Å². The predicted octanol–water partition coefficient (Wildman–Crippen LogP) is 2.98. The maximum Gasteiger partial charge on any atom is 0.227 e. The normalized spacial score (nSPS) is 16.8. The second-order valence-electron chi connectivity index (χ2n) is 6.50. The number of benzene rings is 1. The number of morpholine rings is 1. The molecule has 0 bridgehead atoms. The lowest BCUT2D eigenvalue weighted by Crippen LogP contribution is -2.44. The topological polar surface area (TPSA) is 88.2 Å². The van der Waals surface area contributed by atoms with Crippen molar-refractivity contribution in [2.24, 2.45) is 0 Å². The zero-order valence-electron chi connectivity index (χ0n) is 15.6. The van der Waals surface area contributed by atoms with Crippen LogP contribution in [0.25, 0.3) is 11.3 Å². The lowest BCUT2D eigenvalue weighted by atomic mass is 10.1. The van der Waals surface area contributed by atoms with Crippen LogP contribution in [0.2, 0.25) is 0 Å². The summed E-state index contributed by atoms with van der Waals surface area (Å²) in [6.45, 7) is 4.12. The molecular weight excluding hydrogens is 363 g/mol. The van der Waals surface area contributed by atoms with E-state index in [4.69, 9.17) is 9.47 Å². The number of methoxy groups -OCH3 is 1. The van der Waals surface area contributed by atoms with Crippen molar-refractivity contribution in [2.75, 3.05) is 37.1 Å². The van der Waals surface area contributed by atoms with Crippen molar-refractivity contribution >= 4 is 17.6 Å². The van der Waals surface area contributed by atoms with Gasteiger partial charge in [0, 0.05) is 30.4 Å². The van der Waals surface area contributed by atoms with E-state index in [9.17, 15) is 4.39 Å². The molecule has 4 rings (SSSR count). The van der Waals surface area contributed by atoms with Crippen molar-refractivity contribution in [3.05, 3.63) is 42.3 Å². The maximum absolute atomic E-state index is 14.3. The molecule has 28 heavy (non-hydrogen) atoms.